The minimum absolute atomic E-state index is 0.0211. The molecule has 11 heavy (non-hydrogen) atoms. The number of allylic oxidation sites excluding steroid dienone is 2. The molecule has 0 aliphatic heterocycles. The molecule has 1 aliphatic rings. The number of hydrogen-bond donors (Lipinski definition) is 2. The van der Waals surface area contributed by atoms with Crippen LogP contribution in [0.4, 0.5) is 0 Å². The van der Waals surface area contributed by atoms with Gasteiger partial charge in [0.15, 0.2) is 5.78 Å². The van der Waals surface area contributed by atoms with Gasteiger partial charge in [-0.2, -0.15) is 0 Å². The van der Waals surface area contributed by atoms with E-state index in [0.29, 0.717) is 5.57 Å². The van der Waals surface area contributed by atoms with E-state index < -0.39 is 0 Å². The Bertz CT molecular complexity index is 276. The Morgan fingerprint density at radius 3 is 2.36 bits per heavy atom. The molecular formula is C7H8N2O2. The predicted octanol–water partition coefficient (Wildman–Crippen LogP) is -1.13. The third-order valence-electron chi connectivity index (χ3n) is 1.41. The van der Waals surface area contributed by atoms with Gasteiger partial charge < -0.3 is 11.5 Å². The van der Waals surface area contributed by atoms with Crippen molar-refractivity contribution >= 4 is 11.6 Å². The molecule has 1 rings (SSSR count). The highest BCUT2D eigenvalue weighted by atomic mass is 16.1. The zero-order valence-electron chi connectivity index (χ0n) is 5.83. The van der Waals surface area contributed by atoms with E-state index >= 15 is 0 Å². The van der Waals surface area contributed by atoms with Crippen LogP contribution in [0, 0.1) is 0 Å². The standard InChI is InChI=1S/C7H8N2O2/c8-3-4-1-7(11)5(9)2-6(4)10/h1-2H,3,8-9H2. The van der Waals surface area contributed by atoms with Crippen molar-refractivity contribution in [3.8, 4) is 0 Å². The molecule has 0 aromatic carbocycles. The average molecular weight is 152 g/mol. The van der Waals surface area contributed by atoms with Gasteiger partial charge in [0.05, 0.1) is 5.70 Å². The molecule has 1 aliphatic carbocycles. The highest BCUT2D eigenvalue weighted by Gasteiger charge is 2.16. The van der Waals surface area contributed by atoms with Gasteiger partial charge in [-0.1, -0.05) is 0 Å². The molecule has 0 bridgehead atoms. The van der Waals surface area contributed by atoms with Crippen molar-refractivity contribution in [1.29, 1.82) is 0 Å². The fourth-order valence-corrected chi connectivity index (χ4v) is 0.777. The number of rotatable bonds is 1. The highest BCUT2D eigenvalue weighted by Crippen LogP contribution is 2.06. The summed E-state index contributed by atoms with van der Waals surface area (Å²) in [6, 6.07) is 0. The fraction of sp³-hybridized carbons (Fsp3) is 0.143. The molecule has 0 saturated carbocycles. The second-order valence-corrected chi connectivity index (χ2v) is 2.20. The maximum absolute atomic E-state index is 10.9. The predicted molar refractivity (Wildman–Crippen MR) is 39.4 cm³/mol. The summed E-state index contributed by atoms with van der Waals surface area (Å²) in [5.41, 5.74) is 10.7. The lowest BCUT2D eigenvalue weighted by atomic mass is 10.0. The molecule has 4 nitrogen and oxygen atoms in total. The number of ketones is 2. The summed E-state index contributed by atoms with van der Waals surface area (Å²) in [6.07, 6.45) is 2.28. The van der Waals surface area contributed by atoms with Crippen molar-refractivity contribution in [2.24, 2.45) is 11.5 Å². The van der Waals surface area contributed by atoms with Crippen LogP contribution in [0.2, 0.25) is 0 Å². The lowest BCUT2D eigenvalue weighted by molar-refractivity contribution is -0.115. The number of carbonyl (C=O) groups is 2. The summed E-state index contributed by atoms with van der Waals surface area (Å²) in [7, 11) is 0. The first-order valence-electron chi connectivity index (χ1n) is 3.11. The molecule has 0 aromatic heterocycles. The molecule has 0 amide bonds. The summed E-state index contributed by atoms with van der Waals surface area (Å²) in [5, 5.41) is 0. The van der Waals surface area contributed by atoms with E-state index in [2.05, 4.69) is 0 Å². The van der Waals surface area contributed by atoms with Crippen molar-refractivity contribution in [2.75, 3.05) is 6.54 Å². The molecule has 0 spiro atoms. The zero-order chi connectivity index (χ0) is 8.43. The maximum Gasteiger partial charge on any atom is 0.202 e. The van der Waals surface area contributed by atoms with E-state index in [0.717, 1.165) is 6.08 Å². The van der Waals surface area contributed by atoms with Gasteiger partial charge in [-0.15, -0.1) is 0 Å². The first-order chi connectivity index (χ1) is 5.15. The van der Waals surface area contributed by atoms with Crippen LogP contribution in [0.25, 0.3) is 0 Å². The van der Waals surface area contributed by atoms with Crippen LogP contribution in [-0.4, -0.2) is 18.1 Å². The molecule has 4 heteroatoms. The molecule has 0 heterocycles. The van der Waals surface area contributed by atoms with Crippen LogP contribution >= 0.6 is 0 Å². The van der Waals surface area contributed by atoms with Gasteiger partial charge in [-0.25, -0.2) is 0 Å². The topological polar surface area (TPSA) is 86.2 Å². The second kappa shape index (κ2) is 2.67. The van der Waals surface area contributed by atoms with Crippen molar-refractivity contribution < 1.29 is 9.59 Å². The van der Waals surface area contributed by atoms with Crippen LogP contribution in [0.3, 0.4) is 0 Å². The van der Waals surface area contributed by atoms with Crippen LogP contribution in [0.1, 0.15) is 0 Å². The first kappa shape index (κ1) is 7.68. The molecule has 0 saturated heterocycles. The molecule has 0 aromatic rings. The lowest BCUT2D eigenvalue weighted by Gasteiger charge is -2.05. The van der Waals surface area contributed by atoms with Gasteiger partial charge in [0, 0.05) is 18.2 Å². The molecular weight excluding hydrogens is 144 g/mol. The van der Waals surface area contributed by atoms with E-state index in [9.17, 15) is 9.59 Å². The van der Waals surface area contributed by atoms with Gasteiger partial charge in [0.25, 0.3) is 0 Å². The second-order valence-electron chi connectivity index (χ2n) is 2.20. The minimum atomic E-state index is -0.343. The summed E-state index contributed by atoms with van der Waals surface area (Å²) in [6.45, 7) is 0.0777. The van der Waals surface area contributed by atoms with Crippen LogP contribution < -0.4 is 11.5 Å². The normalized spacial score (nSPS) is 17.9. The van der Waals surface area contributed by atoms with E-state index in [1.165, 1.54) is 6.08 Å². The van der Waals surface area contributed by atoms with Crippen LogP contribution in [-0.2, 0) is 9.59 Å². The largest absolute Gasteiger partial charge is 0.395 e. The van der Waals surface area contributed by atoms with E-state index in [-0.39, 0.29) is 23.8 Å². The van der Waals surface area contributed by atoms with E-state index in [1.807, 2.05) is 0 Å². The van der Waals surface area contributed by atoms with Gasteiger partial charge in [0.1, 0.15) is 0 Å². The zero-order valence-corrected chi connectivity index (χ0v) is 5.83. The summed E-state index contributed by atoms with van der Waals surface area (Å²) in [4.78, 5) is 21.8. The van der Waals surface area contributed by atoms with Crippen LogP contribution in [0.5, 0.6) is 0 Å². The molecule has 58 valence electrons. The minimum Gasteiger partial charge on any atom is -0.395 e. The maximum atomic E-state index is 10.9. The van der Waals surface area contributed by atoms with Crippen LogP contribution in [0.15, 0.2) is 23.4 Å². The Kier molecular flexibility index (Phi) is 1.87. The lowest BCUT2D eigenvalue weighted by Crippen LogP contribution is -2.22. The van der Waals surface area contributed by atoms with Crippen molar-refractivity contribution in [1.82, 2.24) is 0 Å². The monoisotopic (exact) mass is 152 g/mol. The van der Waals surface area contributed by atoms with Crippen molar-refractivity contribution in [3.05, 3.63) is 23.4 Å². The van der Waals surface area contributed by atoms with Crippen molar-refractivity contribution in [2.45, 2.75) is 0 Å². The highest BCUT2D eigenvalue weighted by molar-refractivity contribution is 6.19. The van der Waals surface area contributed by atoms with E-state index in [4.69, 9.17) is 11.5 Å². The third-order valence-corrected chi connectivity index (χ3v) is 1.41. The number of carbonyl (C=O) groups excluding carboxylic acids is 2. The number of hydrogen-bond acceptors (Lipinski definition) is 4. The summed E-state index contributed by atoms with van der Waals surface area (Å²) in [5.74, 6) is -0.616. The molecule has 0 atom stereocenters. The summed E-state index contributed by atoms with van der Waals surface area (Å²) >= 11 is 0. The smallest absolute Gasteiger partial charge is 0.202 e. The average Bonchev–Trinajstić information content (AvgIpc) is 1.97. The van der Waals surface area contributed by atoms with E-state index in [1.54, 1.807) is 0 Å². The Morgan fingerprint density at radius 2 is 1.82 bits per heavy atom. The van der Waals surface area contributed by atoms with Gasteiger partial charge in [-0.05, 0) is 6.08 Å². The molecule has 0 unspecified atom stereocenters. The summed E-state index contributed by atoms with van der Waals surface area (Å²) < 4.78 is 0. The Morgan fingerprint density at radius 1 is 1.18 bits per heavy atom. The van der Waals surface area contributed by atoms with Gasteiger partial charge >= 0.3 is 0 Å². The number of nitrogens with two attached hydrogens (primary N) is 2. The first-order valence-corrected chi connectivity index (χ1v) is 3.11. The van der Waals surface area contributed by atoms with Gasteiger partial charge in [0.2, 0.25) is 5.78 Å². The Hall–Kier alpha value is -1.42. The Labute approximate surface area is 63.5 Å². The quantitative estimate of drug-likeness (QED) is 0.465. The van der Waals surface area contributed by atoms with Gasteiger partial charge in [-0.3, -0.25) is 9.59 Å². The molecule has 0 fully saturated rings. The third kappa shape index (κ3) is 1.35. The Balaban J connectivity index is 2.98. The molecule has 0 radical (unpaired) electrons. The fourth-order valence-electron chi connectivity index (χ4n) is 0.777. The SMILES string of the molecule is NCC1=CC(=O)C(N)=CC1=O. The molecule has 4 N–H and O–H groups in total. The van der Waals surface area contributed by atoms with Crippen molar-refractivity contribution in [3.63, 3.8) is 0 Å².